The lowest BCUT2D eigenvalue weighted by Gasteiger charge is -2.31. The molecule has 0 fully saturated rings. The van der Waals surface area contributed by atoms with Crippen LogP contribution in [0, 0.1) is 12.7 Å². The van der Waals surface area contributed by atoms with Gasteiger partial charge in [-0.2, -0.15) is 0 Å². The molecule has 0 amide bonds. The summed E-state index contributed by atoms with van der Waals surface area (Å²) >= 11 is 6.07. The summed E-state index contributed by atoms with van der Waals surface area (Å²) in [6.45, 7) is 8.68. The molecule has 0 radical (unpaired) electrons. The van der Waals surface area contributed by atoms with Gasteiger partial charge in [-0.25, -0.2) is 4.39 Å². The van der Waals surface area contributed by atoms with E-state index < -0.39 is 0 Å². The Morgan fingerprint density at radius 1 is 1.33 bits per heavy atom. The molecule has 0 aromatic heterocycles. The molecule has 0 saturated heterocycles. The SMILES string of the molecule is C=C1C(Cl)=CC=C(c2ccc(F)cc2C)N1CC. The third-order valence-corrected chi connectivity index (χ3v) is 3.40. The number of nitrogens with zero attached hydrogens (tertiary/aromatic N) is 1. The van der Waals surface area contributed by atoms with E-state index in [4.69, 9.17) is 11.6 Å². The molecule has 1 aromatic carbocycles. The fraction of sp³-hybridized carbons (Fsp3) is 0.200. The number of rotatable bonds is 2. The predicted octanol–water partition coefficient (Wildman–Crippen LogP) is 4.45. The van der Waals surface area contributed by atoms with E-state index in [1.165, 1.54) is 12.1 Å². The molecule has 1 heterocycles. The Morgan fingerprint density at radius 2 is 2.06 bits per heavy atom. The van der Waals surface area contributed by atoms with Gasteiger partial charge in [0.25, 0.3) is 0 Å². The summed E-state index contributed by atoms with van der Waals surface area (Å²) in [5.41, 5.74) is 3.68. The van der Waals surface area contributed by atoms with Crippen LogP contribution in [0.15, 0.2) is 47.7 Å². The zero-order valence-electron chi connectivity index (χ0n) is 10.5. The molecule has 0 unspecified atom stereocenters. The molecule has 0 N–H and O–H groups in total. The van der Waals surface area contributed by atoms with Crippen molar-refractivity contribution < 1.29 is 4.39 Å². The van der Waals surface area contributed by atoms with Gasteiger partial charge >= 0.3 is 0 Å². The van der Waals surface area contributed by atoms with Crippen molar-refractivity contribution in [3.8, 4) is 0 Å². The van der Waals surface area contributed by atoms with Crippen LogP contribution in [0.25, 0.3) is 5.70 Å². The number of allylic oxidation sites excluding steroid dienone is 3. The van der Waals surface area contributed by atoms with Crippen LogP contribution in [0.3, 0.4) is 0 Å². The Hall–Kier alpha value is -1.54. The smallest absolute Gasteiger partial charge is 0.123 e. The fourth-order valence-electron chi connectivity index (χ4n) is 2.12. The Morgan fingerprint density at radius 3 is 2.67 bits per heavy atom. The maximum Gasteiger partial charge on any atom is 0.123 e. The Bertz CT molecular complexity index is 558. The third-order valence-electron chi connectivity index (χ3n) is 3.06. The maximum absolute atomic E-state index is 13.1. The van der Waals surface area contributed by atoms with Crippen LogP contribution in [-0.2, 0) is 0 Å². The second-order valence-electron chi connectivity index (χ2n) is 4.22. The molecule has 1 aliphatic heterocycles. The highest BCUT2D eigenvalue weighted by Gasteiger charge is 2.19. The monoisotopic (exact) mass is 263 g/mol. The first-order valence-electron chi connectivity index (χ1n) is 5.85. The lowest BCUT2D eigenvalue weighted by atomic mass is 10.0. The van der Waals surface area contributed by atoms with E-state index in [9.17, 15) is 4.39 Å². The molecule has 1 aliphatic rings. The molecule has 1 nitrogen and oxygen atoms in total. The molecule has 0 spiro atoms. The van der Waals surface area contributed by atoms with Gasteiger partial charge < -0.3 is 4.90 Å². The largest absolute Gasteiger partial charge is 0.341 e. The first kappa shape index (κ1) is 12.9. The minimum absolute atomic E-state index is 0.219. The van der Waals surface area contributed by atoms with Gasteiger partial charge in [-0.15, -0.1) is 0 Å². The average molecular weight is 264 g/mol. The highest BCUT2D eigenvalue weighted by Crippen LogP contribution is 2.33. The van der Waals surface area contributed by atoms with Gasteiger partial charge in [0, 0.05) is 17.8 Å². The van der Waals surface area contributed by atoms with Crippen LogP contribution in [0.2, 0.25) is 0 Å². The van der Waals surface area contributed by atoms with Crippen LogP contribution in [0.1, 0.15) is 18.1 Å². The summed E-state index contributed by atoms with van der Waals surface area (Å²) in [5.74, 6) is -0.219. The fourth-order valence-corrected chi connectivity index (χ4v) is 2.29. The molecule has 18 heavy (non-hydrogen) atoms. The zero-order chi connectivity index (χ0) is 13.3. The number of hydrogen-bond acceptors (Lipinski definition) is 1. The molecule has 0 saturated carbocycles. The highest BCUT2D eigenvalue weighted by molar-refractivity contribution is 6.32. The van der Waals surface area contributed by atoms with E-state index in [1.54, 1.807) is 6.07 Å². The van der Waals surface area contributed by atoms with Crippen LogP contribution in [-0.4, -0.2) is 11.4 Å². The number of halogens is 2. The van der Waals surface area contributed by atoms with Crippen molar-refractivity contribution in [3.63, 3.8) is 0 Å². The number of hydrogen-bond donors (Lipinski definition) is 0. The Balaban J connectivity index is 2.52. The minimum atomic E-state index is -0.219. The van der Waals surface area contributed by atoms with Crippen molar-refractivity contribution in [2.24, 2.45) is 0 Å². The maximum atomic E-state index is 13.1. The molecule has 0 bridgehead atoms. The van der Waals surface area contributed by atoms with Crippen LogP contribution in [0.4, 0.5) is 4.39 Å². The second-order valence-corrected chi connectivity index (χ2v) is 4.62. The topological polar surface area (TPSA) is 3.24 Å². The van der Waals surface area contributed by atoms with Crippen LogP contribution in [0.5, 0.6) is 0 Å². The molecule has 1 aromatic rings. The average Bonchev–Trinajstić information content (AvgIpc) is 2.33. The van der Waals surface area contributed by atoms with E-state index in [-0.39, 0.29) is 5.82 Å². The summed E-state index contributed by atoms with van der Waals surface area (Å²) < 4.78 is 13.1. The zero-order valence-corrected chi connectivity index (χ0v) is 11.3. The van der Waals surface area contributed by atoms with E-state index >= 15 is 0 Å². The first-order valence-corrected chi connectivity index (χ1v) is 6.23. The first-order chi connectivity index (χ1) is 8.54. The van der Waals surface area contributed by atoms with Gasteiger partial charge in [0.1, 0.15) is 5.82 Å². The standard InChI is InChI=1S/C15H15ClFN/c1-4-18-11(3)14(16)7-8-15(18)13-6-5-12(17)9-10(13)2/h5-9H,3-4H2,1-2H3. The van der Waals surface area contributed by atoms with Crippen molar-refractivity contribution in [1.29, 1.82) is 0 Å². The number of likely N-dealkylation sites (N-methyl/N-ethyl adjacent to an activating group) is 1. The van der Waals surface area contributed by atoms with E-state index in [1.807, 2.05) is 30.9 Å². The summed E-state index contributed by atoms with van der Waals surface area (Å²) in [6, 6.07) is 4.80. The predicted molar refractivity (Wildman–Crippen MR) is 74.6 cm³/mol. The van der Waals surface area contributed by atoms with Gasteiger partial charge in [0.05, 0.1) is 10.7 Å². The molecule has 0 aliphatic carbocycles. The molecule has 2 rings (SSSR count). The van der Waals surface area contributed by atoms with E-state index in [0.29, 0.717) is 5.03 Å². The van der Waals surface area contributed by atoms with E-state index in [0.717, 1.165) is 29.1 Å². The molecular weight excluding hydrogens is 249 g/mol. The van der Waals surface area contributed by atoms with Gasteiger partial charge in [-0.1, -0.05) is 18.2 Å². The third kappa shape index (κ3) is 2.21. The van der Waals surface area contributed by atoms with Crippen molar-refractivity contribution in [3.05, 3.63) is 64.6 Å². The number of benzene rings is 1. The van der Waals surface area contributed by atoms with Crippen molar-refractivity contribution in [2.75, 3.05) is 6.54 Å². The van der Waals surface area contributed by atoms with Crippen molar-refractivity contribution >= 4 is 17.3 Å². The summed E-state index contributed by atoms with van der Waals surface area (Å²) in [4.78, 5) is 2.03. The molecular formula is C15H15ClFN. The molecule has 94 valence electrons. The lowest BCUT2D eigenvalue weighted by molar-refractivity contribution is 0.527. The van der Waals surface area contributed by atoms with Crippen LogP contribution < -0.4 is 0 Å². The highest BCUT2D eigenvalue weighted by atomic mass is 35.5. The van der Waals surface area contributed by atoms with Crippen molar-refractivity contribution in [1.82, 2.24) is 4.90 Å². The van der Waals surface area contributed by atoms with Crippen LogP contribution >= 0.6 is 11.6 Å². The van der Waals surface area contributed by atoms with Crippen molar-refractivity contribution in [2.45, 2.75) is 13.8 Å². The summed E-state index contributed by atoms with van der Waals surface area (Å²) in [5, 5.41) is 0.639. The normalized spacial score (nSPS) is 15.6. The lowest BCUT2D eigenvalue weighted by Crippen LogP contribution is -2.23. The summed E-state index contributed by atoms with van der Waals surface area (Å²) in [6.07, 6.45) is 3.77. The van der Waals surface area contributed by atoms with Gasteiger partial charge in [-0.3, -0.25) is 0 Å². The van der Waals surface area contributed by atoms with Gasteiger partial charge in [-0.05, 0) is 49.8 Å². The Labute approximate surface area is 112 Å². The Kier molecular flexibility index (Phi) is 3.58. The summed E-state index contributed by atoms with van der Waals surface area (Å²) in [7, 11) is 0. The van der Waals surface area contributed by atoms with Gasteiger partial charge in [0.2, 0.25) is 0 Å². The van der Waals surface area contributed by atoms with Gasteiger partial charge in [0.15, 0.2) is 0 Å². The molecule has 3 heteroatoms. The van der Waals surface area contributed by atoms with E-state index in [2.05, 4.69) is 6.58 Å². The second kappa shape index (κ2) is 4.99. The minimum Gasteiger partial charge on any atom is -0.341 e. The number of aryl methyl sites for hydroxylation is 1. The quantitative estimate of drug-likeness (QED) is 0.762. The molecule has 0 atom stereocenters.